The van der Waals surface area contributed by atoms with Crippen LogP contribution in [0, 0.1) is 36.4 Å². The molecule has 95 heavy (non-hydrogen) atoms. The molecule has 2 amide bonds. The van der Waals surface area contributed by atoms with Crippen LogP contribution < -0.4 is 36.4 Å². The summed E-state index contributed by atoms with van der Waals surface area (Å²) in [6.45, 7) is 20.2. The number of rotatable bonds is 7. The van der Waals surface area contributed by atoms with Crippen molar-refractivity contribution in [3.63, 3.8) is 0 Å². The molecule has 512 valence electrons. The maximum atomic E-state index is 15.0. The molecular weight excluding hydrogens is 1240 g/mol. The number of carbonyl (C=O) groups excluding carboxylic acids is 4. The second kappa shape index (κ2) is 30.0. The Morgan fingerprint density at radius 2 is 1.52 bits per heavy atom. The second-order valence-corrected chi connectivity index (χ2v) is 24.8. The third-order valence-electron chi connectivity index (χ3n) is 18.1. The Kier molecular flexibility index (Phi) is 22.7. The number of Topliss-reactive ketones (excluding diaryl/α,β-unsaturated/α-hetero) is 1. The number of ketones is 1. The van der Waals surface area contributed by atoms with E-state index in [4.69, 9.17) is 29.5 Å². The monoisotopic (exact) mass is 1320 g/mol. The van der Waals surface area contributed by atoms with Crippen LogP contribution in [0.5, 0.6) is 28.7 Å². The van der Waals surface area contributed by atoms with Gasteiger partial charge in [0.05, 0.1) is 69.9 Å². The van der Waals surface area contributed by atoms with Gasteiger partial charge in [-0.1, -0.05) is 45.9 Å². The first-order valence-corrected chi connectivity index (χ1v) is 31.1. The van der Waals surface area contributed by atoms with Gasteiger partial charge in [-0.2, -0.15) is 5.10 Å². The van der Waals surface area contributed by atoms with E-state index in [9.17, 15) is 63.8 Å². The number of hydrogen-bond donors (Lipinski definition) is 9. The Morgan fingerprint density at radius 1 is 0.874 bits per heavy atom. The third kappa shape index (κ3) is 15.0. The number of likely N-dealkylation sites (N-methyl/N-ethyl adjacent to an activating group) is 2. The van der Waals surface area contributed by atoms with Crippen molar-refractivity contribution in [2.24, 2.45) is 34.6 Å². The number of benzene rings is 3. The lowest BCUT2D eigenvalue weighted by molar-refractivity contribution is -0.160. The zero-order chi connectivity index (χ0) is 69.7. The minimum Gasteiger partial charge on any atom is -0.507 e. The summed E-state index contributed by atoms with van der Waals surface area (Å²) in [4.78, 5) is 85.2. The van der Waals surface area contributed by atoms with Crippen molar-refractivity contribution in [3.05, 3.63) is 117 Å². The van der Waals surface area contributed by atoms with E-state index in [1.807, 2.05) is 31.3 Å². The number of nitrogen functional groups attached to an aromatic ring is 1. The number of carboxylic acids is 1. The number of aliphatic hydroxyl groups is 2. The van der Waals surface area contributed by atoms with Crippen molar-refractivity contribution in [2.75, 3.05) is 90.4 Å². The van der Waals surface area contributed by atoms with Gasteiger partial charge in [0.2, 0.25) is 5.43 Å². The summed E-state index contributed by atoms with van der Waals surface area (Å²) in [5.41, 5.74) is 1.95. The normalized spacial score (nSPS) is 26.4. The number of nitrogens with one attached hydrogen (secondary N) is 2. The number of phenols is 3. The van der Waals surface area contributed by atoms with Gasteiger partial charge in [-0.25, -0.2) is 15.0 Å². The molecule has 8 heterocycles. The molecule has 2 fully saturated rings. The van der Waals surface area contributed by atoms with Crippen LogP contribution in [0.2, 0.25) is 0 Å². The number of amides is 2. The Morgan fingerprint density at radius 3 is 2.13 bits per heavy atom. The number of hydrogen-bond acceptors (Lipinski definition) is 23. The molecule has 6 aliphatic heterocycles. The number of esters is 1. The molecule has 11 rings (SSSR count). The van der Waals surface area contributed by atoms with E-state index >= 15 is 0 Å². The van der Waals surface area contributed by atoms with Gasteiger partial charge < -0.3 is 78.9 Å². The summed E-state index contributed by atoms with van der Waals surface area (Å²) in [7, 11) is 5.44. The molecule has 10 atom stereocenters. The highest BCUT2D eigenvalue weighted by Crippen LogP contribution is 2.55. The van der Waals surface area contributed by atoms with Crippen LogP contribution in [-0.4, -0.2) is 201 Å². The molecule has 1 unspecified atom stereocenters. The minimum absolute atomic E-state index is 0.0434. The fourth-order valence-corrected chi connectivity index (χ4v) is 12.2. The molecule has 2 saturated heterocycles. The Labute approximate surface area is 548 Å². The number of fused-ring (bicyclic) bond motifs is 14. The number of pyridine rings is 2. The van der Waals surface area contributed by atoms with E-state index in [0.717, 1.165) is 32.2 Å². The smallest absolute Gasteiger partial charge is 0.341 e. The van der Waals surface area contributed by atoms with Crippen LogP contribution in [0.3, 0.4) is 0 Å². The quantitative estimate of drug-likeness (QED) is 0.0183. The first-order valence-electron chi connectivity index (χ1n) is 31.1. The first-order chi connectivity index (χ1) is 45.0. The largest absolute Gasteiger partial charge is 0.507 e. The maximum Gasteiger partial charge on any atom is 0.341 e. The Balaban J connectivity index is 0.000000259. The number of halogens is 1. The number of aliphatic hydroxyl groups excluding tert-OH is 2. The van der Waals surface area contributed by atoms with E-state index in [-0.39, 0.29) is 74.0 Å². The molecule has 0 spiro atoms. The molecule has 5 bridgehead atoms. The number of hydrazone groups is 1. The van der Waals surface area contributed by atoms with Crippen molar-refractivity contribution < 1.29 is 82.7 Å². The van der Waals surface area contributed by atoms with Gasteiger partial charge in [0.15, 0.2) is 17.3 Å². The SMILES string of the molecule is CC1COc2c(N3CCN(C)CC3)c(F)cc3c(=O)c(C(=O)O)cn1c23.CO[C@H]1/C=C/O[C@@]2(C)Oc3c(C)c(O)c4c(O)c(c(/C=N\N5CCN(C)CC5)c(O)c4c3C2=O)NC(=O)/C(C)=C\C=C\[C@@H](C)[C@H](O)[C@@H](C)[C@H](O)[C@@H](C)[C@H](OC(C)=O)[C@@H]1C.NNC(=O)c1ccncc1. The summed E-state index contributed by atoms with van der Waals surface area (Å²) in [6, 6.07) is 4.17. The number of aromatic hydroxyl groups is 3. The Hall–Kier alpha value is -9.19. The van der Waals surface area contributed by atoms with Crippen molar-refractivity contribution in [3.8, 4) is 28.7 Å². The number of anilines is 2. The molecule has 6 aliphatic rings. The predicted octanol–water partition coefficient (Wildman–Crippen LogP) is 5.56. The number of piperazine rings is 2. The summed E-state index contributed by atoms with van der Waals surface area (Å²) in [5.74, 6) is -5.30. The van der Waals surface area contributed by atoms with Gasteiger partial charge in [0.25, 0.3) is 17.6 Å². The van der Waals surface area contributed by atoms with E-state index in [2.05, 4.69) is 25.2 Å². The highest BCUT2D eigenvalue weighted by Gasteiger charge is 2.50. The molecule has 0 saturated carbocycles. The maximum absolute atomic E-state index is 15.0. The number of methoxy groups -OCH3 is 1. The molecule has 28 heteroatoms. The topological polar surface area (TPSA) is 363 Å². The molecule has 10 N–H and O–H groups in total. The van der Waals surface area contributed by atoms with Crippen LogP contribution in [0.25, 0.3) is 21.7 Å². The average Bonchev–Trinajstić information content (AvgIpc) is 1.68. The van der Waals surface area contributed by atoms with Gasteiger partial charge >= 0.3 is 17.7 Å². The van der Waals surface area contributed by atoms with Crippen molar-refractivity contribution in [1.82, 2.24) is 29.8 Å². The molecule has 27 nitrogen and oxygen atoms in total. The van der Waals surface area contributed by atoms with E-state index in [0.29, 0.717) is 48.7 Å². The predicted molar refractivity (Wildman–Crippen MR) is 351 cm³/mol. The van der Waals surface area contributed by atoms with E-state index in [1.54, 1.807) is 61.6 Å². The zero-order valence-corrected chi connectivity index (χ0v) is 55.2. The van der Waals surface area contributed by atoms with Crippen LogP contribution in [0.4, 0.5) is 15.8 Å². The number of nitrogens with zero attached hydrogens (tertiary/aromatic N) is 7. The van der Waals surface area contributed by atoms with Gasteiger partial charge in [0, 0.05) is 138 Å². The van der Waals surface area contributed by atoms with Crippen LogP contribution in [-0.2, 0) is 23.8 Å². The van der Waals surface area contributed by atoms with Crippen LogP contribution >= 0.6 is 0 Å². The molecule has 3 aromatic carbocycles. The average molecular weight is 1320 g/mol. The zero-order valence-electron chi connectivity index (χ0n) is 55.2. The number of carboxylic acid groups (broad SMARTS) is 1. The number of phenolic OH excluding ortho intramolecular Hbond substituents is 3. The molecule has 0 radical (unpaired) electrons. The highest BCUT2D eigenvalue weighted by atomic mass is 19.1. The molecule has 0 aliphatic carbocycles. The number of hydrazine groups is 1. The molecule has 2 aromatic heterocycles. The van der Waals surface area contributed by atoms with E-state index < -0.39 is 106 Å². The summed E-state index contributed by atoms with van der Waals surface area (Å²) < 4.78 is 46.2. The van der Waals surface area contributed by atoms with Crippen molar-refractivity contribution in [1.29, 1.82) is 0 Å². The van der Waals surface area contributed by atoms with Gasteiger partial charge in [-0.05, 0) is 59.1 Å². The number of aromatic carboxylic acids is 1. The lowest BCUT2D eigenvalue weighted by Crippen LogP contribution is -2.46. The lowest BCUT2D eigenvalue weighted by Gasteiger charge is -2.38. The van der Waals surface area contributed by atoms with Crippen LogP contribution in [0.1, 0.15) is 104 Å². The van der Waals surface area contributed by atoms with Crippen LogP contribution in [0.15, 0.2) is 82.8 Å². The third-order valence-corrected chi connectivity index (χ3v) is 18.1. The van der Waals surface area contributed by atoms with Crippen molar-refractivity contribution in [2.45, 2.75) is 98.6 Å². The molecular formula is C67H85FN10O17. The first kappa shape index (κ1) is 71.7. The highest BCUT2D eigenvalue weighted by molar-refractivity contribution is 6.24. The number of aromatic nitrogens is 2. The summed E-state index contributed by atoms with van der Waals surface area (Å²) >= 11 is 0. The summed E-state index contributed by atoms with van der Waals surface area (Å²) in [5, 5.41) is 76.2. The fourth-order valence-electron chi connectivity index (χ4n) is 12.2. The minimum atomic E-state index is -2.04. The number of nitrogens with two attached hydrogens (primary N) is 1. The standard InChI is InChI=1S/C43H58N4O12.C18H20FN3O4.C6H7N3O/c1-21-12-11-13-22(2)42(55)45-33-28(20-44-47-17-15-46(9)16-18-47)37(52)30-31(38(33)53)36(51)26(6)40-32(30)41(54)43(8,59-40)57-19-14-29(56-10)23(3)39(58-27(7)48)25(5)35(50)24(4)34(21)49;1-10-9-26-17-14-11(16(23)12(18(24)25)8-22(10)14)7-13(19)15(17)21-5-3-20(2)4-6-21;7-9-6(10)5-1-3-8-4-2-5/h11-14,19-21,23-25,29,34-35,39,49-53H,15-18H2,1-10H3,(H,45,55);7-8,10H,3-6,9H2,1-2H3,(H,24,25);1-4H,7H2,(H,9,10)/b12-11+,19-14+,22-13-,44-20-;;/t21-,23-,24-,25-,29+,34+,35+,39-,43+;;/m1../s1. The van der Waals surface area contributed by atoms with Gasteiger partial charge in [-0.3, -0.25) is 39.4 Å². The summed E-state index contributed by atoms with van der Waals surface area (Å²) in [6.07, 6.45) is 9.27. The number of ether oxygens (including phenoxy) is 5. The number of carbonyl (C=O) groups is 5. The fraction of sp³-hybridized carbons (Fsp3) is 0.463. The van der Waals surface area contributed by atoms with Gasteiger partial charge in [-0.15, -0.1) is 0 Å². The molecule has 5 aromatic rings. The van der Waals surface area contributed by atoms with E-state index in [1.165, 1.54) is 78.0 Å². The second-order valence-electron chi connectivity index (χ2n) is 24.8. The lowest BCUT2D eigenvalue weighted by atomic mass is 9.78. The Bertz CT molecular complexity index is 3920. The van der Waals surface area contributed by atoms with Gasteiger partial charge in [0.1, 0.15) is 41.2 Å². The van der Waals surface area contributed by atoms with Crippen molar-refractivity contribution >= 4 is 68.8 Å². The number of allylic oxidation sites excluding steroid dienone is 2.